The Morgan fingerprint density at radius 3 is 2.93 bits per heavy atom. The van der Waals surface area contributed by atoms with Gasteiger partial charge in [0.05, 0.1) is 19.0 Å². The molecule has 0 aromatic carbocycles. The first-order chi connectivity index (χ1) is 7.18. The molecule has 0 saturated heterocycles. The highest BCUT2D eigenvalue weighted by molar-refractivity contribution is 6.29. The second-order valence-corrected chi connectivity index (χ2v) is 3.88. The van der Waals surface area contributed by atoms with Gasteiger partial charge in [0.25, 0.3) is 0 Å². The fourth-order valence-electron chi connectivity index (χ4n) is 1.03. The van der Waals surface area contributed by atoms with Crippen LogP contribution >= 0.6 is 11.6 Å². The van der Waals surface area contributed by atoms with E-state index in [2.05, 4.69) is 29.1 Å². The molecule has 84 valence electrons. The SMILES string of the molecule is CC(C)NCCCOc1cncc(Cl)n1. The van der Waals surface area contributed by atoms with Crippen molar-refractivity contribution in [2.45, 2.75) is 26.3 Å². The van der Waals surface area contributed by atoms with Gasteiger partial charge in [-0.2, -0.15) is 4.98 Å². The molecule has 0 fully saturated rings. The number of ether oxygens (including phenoxy) is 1. The highest BCUT2D eigenvalue weighted by Gasteiger charge is 1.97. The first-order valence-corrected chi connectivity index (χ1v) is 5.40. The Kier molecular flexibility index (Phi) is 5.36. The highest BCUT2D eigenvalue weighted by Crippen LogP contribution is 2.08. The van der Waals surface area contributed by atoms with Crippen LogP contribution in [-0.4, -0.2) is 29.2 Å². The topological polar surface area (TPSA) is 47.0 Å². The van der Waals surface area contributed by atoms with Gasteiger partial charge in [-0.05, 0) is 13.0 Å². The molecule has 0 spiro atoms. The summed E-state index contributed by atoms with van der Waals surface area (Å²) in [6.45, 7) is 5.78. The highest BCUT2D eigenvalue weighted by atomic mass is 35.5. The fourth-order valence-corrected chi connectivity index (χ4v) is 1.17. The minimum absolute atomic E-state index is 0.354. The summed E-state index contributed by atoms with van der Waals surface area (Å²) in [7, 11) is 0. The van der Waals surface area contributed by atoms with Crippen molar-refractivity contribution in [2.24, 2.45) is 0 Å². The lowest BCUT2D eigenvalue weighted by atomic mass is 10.3. The molecule has 5 heteroatoms. The van der Waals surface area contributed by atoms with Crippen molar-refractivity contribution in [2.75, 3.05) is 13.2 Å². The summed E-state index contributed by atoms with van der Waals surface area (Å²) in [5, 5.41) is 3.66. The first kappa shape index (κ1) is 12.2. The van der Waals surface area contributed by atoms with Crippen LogP contribution in [0.3, 0.4) is 0 Å². The summed E-state index contributed by atoms with van der Waals surface area (Å²) < 4.78 is 5.37. The first-order valence-electron chi connectivity index (χ1n) is 5.02. The number of nitrogens with one attached hydrogen (secondary N) is 1. The fraction of sp³-hybridized carbons (Fsp3) is 0.600. The predicted molar refractivity (Wildman–Crippen MR) is 60.3 cm³/mol. The molecule has 1 aromatic heterocycles. The quantitative estimate of drug-likeness (QED) is 0.757. The smallest absolute Gasteiger partial charge is 0.233 e. The zero-order valence-corrected chi connectivity index (χ0v) is 9.79. The maximum absolute atomic E-state index is 5.66. The summed E-state index contributed by atoms with van der Waals surface area (Å²) in [5.74, 6) is 0.479. The molecule has 0 bridgehead atoms. The number of halogens is 1. The van der Waals surface area contributed by atoms with Gasteiger partial charge in [0.15, 0.2) is 5.15 Å². The van der Waals surface area contributed by atoms with E-state index >= 15 is 0 Å². The molecule has 0 amide bonds. The third-order valence-electron chi connectivity index (χ3n) is 1.71. The second-order valence-electron chi connectivity index (χ2n) is 3.49. The summed E-state index contributed by atoms with van der Waals surface area (Å²) in [6.07, 6.45) is 3.98. The van der Waals surface area contributed by atoms with Crippen LogP contribution in [0.15, 0.2) is 12.4 Å². The zero-order valence-electron chi connectivity index (χ0n) is 9.03. The third-order valence-corrected chi connectivity index (χ3v) is 1.89. The van der Waals surface area contributed by atoms with Crippen LogP contribution in [0.2, 0.25) is 5.15 Å². The van der Waals surface area contributed by atoms with Gasteiger partial charge in [-0.3, -0.25) is 4.98 Å². The van der Waals surface area contributed by atoms with Crippen molar-refractivity contribution in [3.63, 3.8) is 0 Å². The van der Waals surface area contributed by atoms with E-state index < -0.39 is 0 Å². The van der Waals surface area contributed by atoms with Crippen LogP contribution in [-0.2, 0) is 0 Å². The van der Waals surface area contributed by atoms with E-state index in [1.807, 2.05) is 0 Å². The van der Waals surface area contributed by atoms with Crippen LogP contribution in [0.5, 0.6) is 5.88 Å². The van der Waals surface area contributed by atoms with Gasteiger partial charge in [0.2, 0.25) is 5.88 Å². The average molecular weight is 230 g/mol. The lowest BCUT2D eigenvalue weighted by Crippen LogP contribution is -2.24. The van der Waals surface area contributed by atoms with Gasteiger partial charge in [-0.1, -0.05) is 25.4 Å². The Balaban J connectivity index is 2.15. The van der Waals surface area contributed by atoms with Crippen LogP contribution in [0, 0.1) is 0 Å². The molecule has 4 nitrogen and oxygen atoms in total. The largest absolute Gasteiger partial charge is 0.476 e. The van der Waals surface area contributed by atoms with E-state index in [-0.39, 0.29) is 0 Å². The van der Waals surface area contributed by atoms with Crippen molar-refractivity contribution < 1.29 is 4.74 Å². The van der Waals surface area contributed by atoms with E-state index in [0.717, 1.165) is 13.0 Å². The van der Waals surface area contributed by atoms with E-state index in [4.69, 9.17) is 16.3 Å². The van der Waals surface area contributed by atoms with Gasteiger partial charge < -0.3 is 10.1 Å². The molecule has 0 radical (unpaired) electrons. The molecule has 1 heterocycles. The molecule has 15 heavy (non-hydrogen) atoms. The Morgan fingerprint density at radius 1 is 1.47 bits per heavy atom. The van der Waals surface area contributed by atoms with Crippen molar-refractivity contribution in [3.05, 3.63) is 17.5 Å². The summed E-state index contributed by atoms with van der Waals surface area (Å²) in [6, 6.07) is 0.510. The third kappa shape index (κ3) is 5.54. The summed E-state index contributed by atoms with van der Waals surface area (Å²) >= 11 is 5.66. The minimum atomic E-state index is 0.354. The number of hydrogen-bond donors (Lipinski definition) is 1. The summed E-state index contributed by atoms with van der Waals surface area (Å²) in [5.41, 5.74) is 0. The maximum atomic E-state index is 5.66. The van der Waals surface area contributed by atoms with Crippen molar-refractivity contribution in [3.8, 4) is 5.88 Å². The standard InChI is InChI=1S/C10H16ClN3O/c1-8(2)13-4-3-5-15-10-7-12-6-9(11)14-10/h6-8,13H,3-5H2,1-2H3. The van der Waals surface area contributed by atoms with Crippen molar-refractivity contribution in [1.82, 2.24) is 15.3 Å². The van der Waals surface area contributed by atoms with Gasteiger partial charge >= 0.3 is 0 Å². The Labute approximate surface area is 95.0 Å². The van der Waals surface area contributed by atoms with E-state index in [1.165, 1.54) is 6.20 Å². The molecule has 0 unspecified atom stereocenters. The van der Waals surface area contributed by atoms with Crippen molar-refractivity contribution in [1.29, 1.82) is 0 Å². The molecule has 0 atom stereocenters. The Hall–Kier alpha value is -0.870. The van der Waals surface area contributed by atoms with Crippen LogP contribution in [0.4, 0.5) is 0 Å². The molecule has 0 saturated carbocycles. The van der Waals surface area contributed by atoms with E-state index in [1.54, 1.807) is 6.20 Å². The lowest BCUT2D eigenvalue weighted by molar-refractivity contribution is 0.294. The van der Waals surface area contributed by atoms with Gasteiger partial charge in [0.1, 0.15) is 0 Å². The minimum Gasteiger partial charge on any atom is -0.476 e. The van der Waals surface area contributed by atoms with Crippen molar-refractivity contribution >= 4 is 11.6 Å². The molecule has 0 aliphatic heterocycles. The molecule has 0 aliphatic rings. The Morgan fingerprint density at radius 2 is 2.27 bits per heavy atom. The van der Waals surface area contributed by atoms with E-state index in [9.17, 15) is 0 Å². The summed E-state index contributed by atoms with van der Waals surface area (Å²) in [4.78, 5) is 7.84. The number of hydrogen-bond acceptors (Lipinski definition) is 4. The molecule has 0 aliphatic carbocycles. The zero-order chi connectivity index (χ0) is 11.1. The van der Waals surface area contributed by atoms with Gasteiger partial charge in [-0.15, -0.1) is 0 Å². The monoisotopic (exact) mass is 229 g/mol. The molecular formula is C10H16ClN3O. The Bertz CT molecular complexity index is 294. The molecule has 1 aromatic rings. The molecule has 1 N–H and O–H groups in total. The van der Waals surface area contributed by atoms with E-state index in [0.29, 0.717) is 23.7 Å². The number of nitrogens with zero attached hydrogens (tertiary/aromatic N) is 2. The van der Waals surface area contributed by atoms with Crippen LogP contribution in [0.1, 0.15) is 20.3 Å². The predicted octanol–water partition coefficient (Wildman–Crippen LogP) is 1.90. The van der Waals surface area contributed by atoms with Crippen LogP contribution in [0.25, 0.3) is 0 Å². The van der Waals surface area contributed by atoms with Gasteiger partial charge in [-0.25, -0.2) is 0 Å². The average Bonchev–Trinajstić information content (AvgIpc) is 2.17. The molecular weight excluding hydrogens is 214 g/mol. The number of aromatic nitrogens is 2. The second kappa shape index (κ2) is 6.58. The van der Waals surface area contributed by atoms with Crippen LogP contribution < -0.4 is 10.1 Å². The van der Waals surface area contributed by atoms with Gasteiger partial charge in [0, 0.05) is 6.04 Å². The maximum Gasteiger partial charge on any atom is 0.233 e. The number of rotatable bonds is 6. The molecule has 1 rings (SSSR count). The lowest BCUT2D eigenvalue weighted by Gasteiger charge is -2.08. The normalized spacial score (nSPS) is 10.7.